The molecule has 190 valence electrons. The fraction of sp³-hybridized carbons (Fsp3) is 0.138. The summed E-state index contributed by atoms with van der Waals surface area (Å²) in [6, 6.07) is 24.7. The van der Waals surface area contributed by atoms with E-state index in [0.29, 0.717) is 11.1 Å². The van der Waals surface area contributed by atoms with Crippen molar-refractivity contribution >= 4 is 24.0 Å². The number of carbonyl (C=O) groups is 2. The third kappa shape index (κ3) is 7.45. The van der Waals surface area contributed by atoms with Crippen LogP contribution >= 0.6 is 0 Å². The molecule has 3 rings (SSSR count). The van der Waals surface area contributed by atoms with Crippen molar-refractivity contribution in [2.24, 2.45) is 0 Å². The first-order chi connectivity index (χ1) is 18.5. The molecule has 1 heterocycles. The quantitative estimate of drug-likeness (QED) is 0.242. The number of nitriles is 2. The minimum atomic E-state index is -0.696. The maximum atomic E-state index is 12.7. The van der Waals surface area contributed by atoms with Gasteiger partial charge in [0.25, 0.3) is 11.8 Å². The third-order valence-corrected chi connectivity index (χ3v) is 5.49. The zero-order valence-corrected chi connectivity index (χ0v) is 20.3. The number of nitrogens with zero attached hydrogens (tertiary/aromatic N) is 3. The molecule has 9 heteroatoms. The first kappa shape index (κ1) is 27.5. The molecule has 2 amide bonds. The summed E-state index contributed by atoms with van der Waals surface area (Å²) in [5.41, 5.74) is 1.40. The molecule has 2 atom stereocenters. The number of benzene rings is 2. The molecule has 0 aliphatic heterocycles. The molecule has 0 radical (unpaired) electrons. The van der Waals surface area contributed by atoms with Crippen molar-refractivity contribution < 1.29 is 19.8 Å². The second-order valence-electron chi connectivity index (χ2n) is 8.07. The van der Waals surface area contributed by atoms with Crippen LogP contribution in [0.5, 0.6) is 0 Å². The van der Waals surface area contributed by atoms with E-state index >= 15 is 0 Å². The van der Waals surface area contributed by atoms with E-state index in [1.807, 2.05) is 24.3 Å². The molecule has 38 heavy (non-hydrogen) atoms. The number of amides is 2. The predicted molar refractivity (Wildman–Crippen MR) is 140 cm³/mol. The van der Waals surface area contributed by atoms with Crippen LogP contribution in [0.3, 0.4) is 0 Å². The molecular formula is C29H25N5O4. The normalized spacial score (nSPS) is 12.9. The molecule has 0 saturated carbocycles. The van der Waals surface area contributed by atoms with Crippen LogP contribution in [0, 0.1) is 22.7 Å². The van der Waals surface area contributed by atoms with E-state index in [0.717, 1.165) is 0 Å². The molecule has 1 aromatic heterocycles. The van der Waals surface area contributed by atoms with E-state index in [4.69, 9.17) is 0 Å². The lowest BCUT2D eigenvalue weighted by Crippen LogP contribution is -2.31. The monoisotopic (exact) mass is 507 g/mol. The summed E-state index contributed by atoms with van der Waals surface area (Å²) in [7, 11) is 0. The zero-order valence-electron chi connectivity index (χ0n) is 20.3. The predicted octanol–water partition coefficient (Wildman–Crippen LogP) is 2.60. The van der Waals surface area contributed by atoms with E-state index in [2.05, 4.69) is 15.6 Å². The Hall–Kier alpha value is -5.09. The Morgan fingerprint density at radius 1 is 0.711 bits per heavy atom. The number of hydrogen-bond acceptors (Lipinski definition) is 7. The van der Waals surface area contributed by atoms with Crippen LogP contribution in [-0.4, -0.2) is 40.2 Å². The maximum Gasteiger partial charge on any atom is 0.262 e. The van der Waals surface area contributed by atoms with Crippen LogP contribution in [0.1, 0.15) is 34.6 Å². The minimum Gasteiger partial charge on any atom is -0.394 e. The summed E-state index contributed by atoms with van der Waals surface area (Å²) in [5.74, 6) is -1.38. The number of aliphatic hydroxyl groups excluding tert-OH is 2. The minimum absolute atomic E-state index is 0.236. The van der Waals surface area contributed by atoms with Gasteiger partial charge in [0.2, 0.25) is 0 Å². The lowest BCUT2D eigenvalue weighted by Gasteiger charge is -2.16. The van der Waals surface area contributed by atoms with Gasteiger partial charge in [-0.15, -0.1) is 0 Å². The summed E-state index contributed by atoms with van der Waals surface area (Å²) >= 11 is 0. The molecule has 0 saturated heterocycles. The topological polar surface area (TPSA) is 159 Å². The average Bonchev–Trinajstić information content (AvgIpc) is 2.97. The van der Waals surface area contributed by atoms with E-state index < -0.39 is 23.9 Å². The van der Waals surface area contributed by atoms with Crippen molar-refractivity contribution in [2.45, 2.75) is 12.1 Å². The Kier molecular flexibility index (Phi) is 10.0. The van der Waals surface area contributed by atoms with Crippen molar-refractivity contribution in [1.29, 1.82) is 10.5 Å². The van der Waals surface area contributed by atoms with E-state index in [9.17, 15) is 30.3 Å². The molecular weight excluding hydrogens is 482 g/mol. The standard InChI is InChI=1S/C29H25N5O4/c30-16-22(28(37)33-26(18-35)20-8-3-1-4-9-20)14-24-12-7-13-25(32-24)15-23(17-31)29(38)34-27(19-36)21-10-5-2-6-11-21/h1-15,26-27,35-36H,18-19H2,(H,33,37)(H,34,38)/b22-14+,23-15+/t26-,27-/m0/s1. The van der Waals surface area contributed by atoms with Gasteiger partial charge in [-0.05, 0) is 35.4 Å². The fourth-order valence-electron chi connectivity index (χ4n) is 3.53. The smallest absolute Gasteiger partial charge is 0.262 e. The number of aromatic nitrogens is 1. The first-order valence-corrected chi connectivity index (χ1v) is 11.6. The number of nitrogens with one attached hydrogen (secondary N) is 2. The molecule has 0 aliphatic carbocycles. The second kappa shape index (κ2) is 13.9. The molecule has 0 fully saturated rings. The number of rotatable bonds is 10. The van der Waals surface area contributed by atoms with Crippen LogP contribution in [0.4, 0.5) is 0 Å². The van der Waals surface area contributed by atoms with Crippen molar-refractivity contribution in [1.82, 2.24) is 15.6 Å². The molecule has 0 bridgehead atoms. The van der Waals surface area contributed by atoms with E-state index in [1.54, 1.807) is 66.7 Å². The molecule has 0 unspecified atom stereocenters. The Bertz CT molecular complexity index is 1300. The van der Waals surface area contributed by atoms with Gasteiger partial charge in [0.15, 0.2) is 0 Å². The Morgan fingerprint density at radius 3 is 1.45 bits per heavy atom. The average molecular weight is 508 g/mol. The third-order valence-electron chi connectivity index (χ3n) is 5.49. The van der Waals surface area contributed by atoms with E-state index in [-0.39, 0.29) is 35.7 Å². The van der Waals surface area contributed by atoms with Gasteiger partial charge in [-0.1, -0.05) is 66.7 Å². The summed E-state index contributed by atoms with van der Waals surface area (Å²) in [5, 5.41) is 43.7. The van der Waals surface area contributed by atoms with E-state index in [1.165, 1.54) is 12.2 Å². The van der Waals surface area contributed by atoms with Gasteiger partial charge < -0.3 is 20.8 Å². The van der Waals surface area contributed by atoms with Crippen molar-refractivity contribution in [3.05, 3.63) is 113 Å². The highest BCUT2D eigenvalue weighted by molar-refractivity contribution is 6.02. The first-order valence-electron chi connectivity index (χ1n) is 11.6. The highest BCUT2D eigenvalue weighted by Crippen LogP contribution is 2.15. The molecule has 0 spiro atoms. The number of aliphatic hydroxyl groups is 2. The number of carbonyl (C=O) groups excluding carboxylic acids is 2. The van der Waals surface area contributed by atoms with Gasteiger partial charge in [0.1, 0.15) is 23.3 Å². The van der Waals surface area contributed by atoms with Crippen LogP contribution in [0.25, 0.3) is 12.2 Å². The zero-order chi connectivity index (χ0) is 27.3. The summed E-state index contributed by atoms with van der Waals surface area (Å²) in [4.78, 5) is 29.7. The fourth-order valence-corrected chi connectivity index (χ4v) is 3.53. The lowest BCUT2D eigenvalue weighted by atomic mass is 10.1. The summed E-state index contributed by atoms with van der Waals surface area (Å²) in [6.07, 6.45) is 2.55. The van der Waals surface area contributed by atoms with Gasteiger partial charge >= 0.3 is 0 Å². The summed E-state index contributed by atoms with van der Waals surface area (Å²) < 4.78 is 0. The number of hydrogen-bond donors (Lipinski definition) is 4. The molecule has 2 aromatic carbocycles. The highest BCUT2D eigenvalue weighted by atomic mass is 16.3. The van der Waals surface area contributed by atoms with Gasteiger partial charge in [-0.25, -0.2) is 4.98 Å². The lowest BCUT2D eigenvalue weighted by molar-refractivity contribution is -0.118. The van der Waals surface area contributed by atoms with Crippen LogP contribution < -0.4 is 10.6 Å². The van der Waals surface area contributed by atoms with Crippen molar-refractivity contribution in [3.63, 3.8) is 0 Å². The molecule has 4 N–H and O–H groups in total. The van der Waals surface area contributed by atoms with Crippen molar-refractivity contribution in [3.8, 4) is 12.1 Å². The highest BCUT2D eigenvalue weighted by Gasteiger charge is 2.18. The van der Waals surface area contributed by atoms with Gasteiger partial charge in [-0.2, -0.15) is 10.5 Å². The summed E-state index contributed by atoms with van der Waals surface area (Å²) in [6.45, 7) is -0.708. The molecule has 3 aromatic rings. The Balaban J connectivity index is 1.78. The van der Waals surface area contributed by atoms with Gasteiger partial charge in [-0.3, -0.25) is 9.59 Å². The largest absolute Gasteiger partial charge is 0.394 e. The Morgan fingerprint density at radius 2 is 1.11 bits per heavy atom. The van der Waals surface area contributed by atoms with Crippen LogP contribution in [0.15, 0.2) is 90.0 Å². The van der Waals surface area contributed by atoms with Gasteiger partial charge in [0, 0.05) is 0 Å². The van der Waals surface area contributed by atoms with Crippen LogP contribution in [0.2, 0.25) is 0 Å². The van der Waals surface area contributed by atoms with Gasteiger partial charge in [0.05, 0.1) is 36.7 Å². The van der Waals surface area contributed by atoms with Crippen molar-refractivity contribution in [2.75, 3.05) is 13.2 Å². The van der Waals surface area contributed by atoms with Crippen LogP contribution in [-0.2, 0) is 9.59 Å². The maximum absolute atomic E-state index is 12.7. The SMILES string of the molecule is N#C/C(=C\c1cccc(/C=C(\C#N)C(=O)N[C@@H](CO)c2ccccc2)n1)C(=O)N[C@@H](CO)c1ccccc1. The molecule has 9 nitrogen and oxygen atoms in total. The number of pyridine rings is 1. The molecule has 0 aliphatic rings. The Labute approximate surface area is 220 Å². The second-order valence-corrected chi connectivity index (χ2v) is 8.07.